The van der Waals surface area contributed by atoms with Crippen molar-refractivity contribution in [2.75, 3.05) is 0 Å². The van der Waals surface area contributed by atoms with Crippen molar-refractivity contribution < 1.29 is 9.90 Å². The predicted octanol–water partition coefficient (Wildman–Crippen LogP) is 3.70. The number of ketones is 1. The number of hydrogen-bond donors (Lipinski definition) is 1. The monoisotopic (exact) mass is 260 g/mol. The highest BCUT2D eigenvalue weighted by atomic mass is 16.3. The summed E-state index contributed by atoms with van der Waals surface area (Å²) in [7, 11) is 0. The van der Waals surface area contributed by atoms with Crippen LogP contribution in [-0.4, -0.2) is 16.5 Å². The first-order valence-corrected chi connectivity index (χ1v) is 6.65. The van der Waals surface area contributed by atoms with E-state index in [-0.39, 0.29) is 5.78 Å². The van der Waals surface area contributed by atoms with Crippen molar-refractivity contribution in [2.24, 2.45) is 11.3 Å². The molecule has 0 heterocycles. The molecule has 0 spiro atoms. The van der Waals surface area contributed by atoms with Gasteiger partial charge in [0.05, 0.1) is 5.60 Å². The molecule has 1 N–H and O–H groups in total. The number of aliphatic hydroxyl groups is 1. The number of Topliss-reactive ketones (excluding diaryl/α,β-unsaturated/α-hetero) is 1. The first-order valence-electron chi connectivity index (χ1n) is 6.65. The smallest absolute Gasteiger partial charge is 0.144 e. The summed E-state index contributed by atoms with van der Waals surface area (Å²) >= 11 is 0. The second-order valence-corrected chi connectivity index (χ2v) is 6.31. The summed E-state index contributed by atoms with van der Waals surface area (Å²) in [5.41, 5.74) is -0.567. The molecule has 0 aromatic heterocycles. The summed E-state index contributed by atoms with van der Waals surface area (Å²) < 4.78 is 0. The van der Waals surface area contributed by atoms with Crippen LogP contribution in [-0.2, 0) is 4.79 Å². The second-order valence-electron chi connectivity index (χ2n) is 6.31. The van der Waals surface area contributed by atoms with Gasteiger partial charge < -0.3 is 5.11 Å². The minimum atomic E-state index is -1.14. The van der Waals surface area contributed by atoms with E-state index in [9.17, 15) is 9.90 Å². The van der Waals surface area contributed by atoms with Crippen LogP contribution in [0.4, 0.5) is 0 Å². The number of benzene rings is 1. The van der Waals surface area contributed by atoms with Crippen molar-refractivity contribution in [3.63, 3.8) is 0 Å². The van der Waals surface area contributed by atoms with Crippen LogP contribution in [0.15, 0.2) is 36.4 Å². The van der Waals surface area contributed by atoms with Crippen LogP contribution in [0.5, 0.6) is 0 Å². The summed E-state index contributed by atoms with van der Waals surface area (Å²) in [6.07, 6.45) is 3.56. The van der Waals surface area contributed by atoms with Gasteiger partial charge in [-0.2, -0.15) is 0 Å². The zero-order valence-electron chi connectivity index (χ0n) is 12.5. The highest BCUT2D eigenvalue weighted by Gasteiger charge is 2.36. The van der Waals surface area contributed by atoms with E-state index in [2.05, 4.69) is 0 Å². The zero-order valence-corrected chi connectivity index (χ0v) is 12.5. The first kappa shape index (κ1) is 15.6. The van der Waals surface area contributed by atoms with Crippen LogP contribution >= 0.6 is 0 Å². The van der Waals surface area contributed by atoms with E-state index >= 15 is 0 Å². The molecular formula is C17H24O2. The maximum absolute atomic E-state index is 12.2. The van der Waals surface area contributed by atoms with Gasteiger partial charge in [0.15, 0.2) is 0 Å². The van der Waals surface area contributed by atoms with E-state index in [0.717, 1.165) is 5.56 Å². The van der Waals surface area contributed by atoms with Crippen molar-refractivity contribution in [3.8, 4) is 0 Å². The third-order valence-corrected chi connectivity index (χ3v) is 3.42. The van der Waals surface area contributed by atoms with E-state index in [1.807, 2.05) is 57.2 Å². The largest absolute Gasteiger partial charge is 0.385 e. The summed E-state index contributed by atoms with van der Waals surface area (Å²) in [5.74, 6) is -0.373. The van der Waals surface area contributed by atoms with Crippen molar-refractivity contribution in [1.82, 2.24) is 0 Å². The van der Waals surface area contributed by atoms with Gasteiger partial charge in [-0.3, -0.25) is 4.79 Å². The highest BCUT2D eigenvalue weighted by molar-refractivity contribution is 5.87. The molecule has 0 saturated carbocycles. The lowest BCUT2D eigenvalue weighted by atomic mass is 9.76. The summed E-state index contributed by atoms with van der Waals surface area (Å²) in [4.78, 5) is 12.2. The fourth-order valence-electron chi connectivity index (χ4n) is 1.89. The summed E-state index contributed by atoms with van der Waals surface area (Å²) in [5, 5.41) is 10.5. The molecule has 0 aliphatic heterocycles. The van der Waals surface area contributed by atoms with E-state index in [4.69, 9.17) is 0 Å². The van der Waals surface area contributed by atoms with Crippen LogP contribution in [0.3, 0.4) is 0 Å². The number of carbonyl (C=O) groups excluding carboxylic acids is 1. The SMILES string of the molecule is C[C@H](C(=O)C(C)(C)C)[C@](C)(O)/C=C/c1ccccc1. The molecule has 1 rings (SSSR count). The van der Waals surface area contributed by atoms with Crippen molar-refractivity contribution in [1.29, 1.82) is 0 Å². The number of rotatable bonds is 4. The van der Waals surface area contributed by atoms with Gasteiger partial charge in [0.1, 0.15) is 5.78 Å². The molecule has 0 amide bonds. The Balaban J connectivity index is 2.87. The van der Waals surface area contributed by atoms with Crippen LogP contribution in [0, 0.1) is 11.3 Å². The van der Waals surface area contributed by atoms with Crippen LogP contribution in [0.2, 0.25) is 0 Å². The fourth-order valence-corrected chi connectivity index (χ4v) is 1.89. The van der Waals surface area contributed by atoms with Crippen LogP contribution in [0.25, 0.3) is 6.08 Å². The highest BCUT2D eigenvalue weighted by Crippen LogP contribution is 2.28. The molecular weight excluding hydrogens is 236 g/mol. The maximum atomic E-state index is 12.2. The van der Waals surface area contributed by atoms with Crippen molar-refractivity contribution >= 4 is 11.9 Å². The Kier molecular flexibility index (Phi) is 4.70. The van der Waals surface area contributed by atoms with E-state index in [1.165, 1.54) is 0 Å². The van der Waals surface area contributed by atoms with Crippen molar-refractivity contribution in [2.45, 2.75) is 40.2 Å². The van der Waals surface area contributed by atoms with Gasteiger partial charge in [0.2, 0.25) is 0 Å². The molecule has 0 bridgehead atoms. The van der Waals surface area contributed by atoms with Gasteiger partial charge >= 0.3 is 0 Å². The molecule has 0 radical (unpaired) electrons. The normalized spacial score (nSPS) is 17.2. The number of carbonyl (C=O) groups is 1. The first-order chi connectivity index (χ1) is 8.64. The standard InChI is InChI=1S/C17H24O2/c1-13(15(18)16(2,3)4)17(5,19)12-11-14-9-7-6-8-10-14/h6-13,19H,1-5H3/b12-11+/t13-,17-/m1/s1. The summed E-state index contributed by atoms with van der Waals surface area (Å²) in [6, 6.07) is 9.75. The Morgan fingerprint density at radius 1 is 1.16 bits per heavy atom. The third-order valence-electron chi connectivity index (χ3n) is 3.42. The molecule has 2 nitrogen and oxygen atoms in total. The molecule has 0 aliphatic rings. The minimum Gasteiger partial charge on any atom is -0.385 e. The van der Waals surface area contributed by atoms with Crippen LogP contribution in [0.1, 0.15) is 40.2 Å². The average Bonchev–Trinajstić information content (AvgIpc) is 2.35. The Morgan fingerprint density at radius 2 is 1.68 bits per heavy atom. The zero-order chi connectivity index (χ0) is 14.7. The Bertz CT molecular complexity index is 450. The van der Waals surface area contributed by atoms with Gasteiger partial charge in [-0.1, -0.05) is 70.2 Å². The van der Waals surface area contributed by atoms with E-state index < -0.39 is 16.9 Å². The maximum Gasteiger partial charge on any atom is 0.144 e. The molecule has 0 saturated heterocycles. The second kappa shape index (κ2) is 5.70. The molecule has 0 fully saturated rings. The molecule has 0 unspecified atom stereocenters. The Labute approximate surface area is 116 Å². The molecule has 0 aliphatic carbocycles. The van der Waals surface area contributed by atoms with Crippen LogP contribution < -0.4 is 0 Å². The Hall–Kier alpha value is -1.41. The quantitative estimate of drug-likeness (QED) is 0.896. The van der Waals surface area contributed by atoms with Gasteiger partial charge in [0, 0.05) is 11.3 Å². The lowest BCUT2D eigenvalue weighted by Gasteiger charge is -2.31. The van der Waals surface area contributed by atoms with Gasteiger partial charge in [-0.15, -0.1) is 0 Å². The molecule has 1 aromatic carbocycles. The molecule has 104 valence electrons. The molecule has 2 heteroatoms. The van der Waals surface area contributed by atoms with E-state index in [0.29, 0.717) is 0 Å². The molecule has 1 aromatic rings. The van der Waals surface area contributed by atoms with Gasteiger partial charge in [-0.05, 0) is 12.5 Å². The third kappa shape index (κ3) is 4.32. The van der Waals surface area contributed by atoms with E-state index in [1.54, 1.807) is 19.9 Å². The van der Waals surface area contributed by atoms with Gasteiger partial charge in [0.25, 0.3) is 0 Å². The molecule has 19 heavy (non-hydrogen) atoms. The minimum absolute atomic E-state index is 0.0650. The molecule has 2 atom stereocenters. The number of hydrogen-bond acceptors (Lipinski definition) is 2. The predicted molar refractivity (Wildman–Crippen MR) is 79.7 cm³/mol. The topological polar surface area (TPSA) is 37.3 Å². The van der Waals surface area contributed by atoms with Gasteiger partial charge in [-0.25, -0.2) is 0 Å². The lowest BCUT2D eigenvalue weighted by Crippen LogP contribution is -2.41. The lowest BCUT2D eigenvalue weighted by molar-refractivity contribution is -0.135. The summed E-state index contributed by atoms with van der Waals surface area (Å²) in [6.45, 7) is 9.10. The average molecular weight is 260 g/mol. The fraction of sp³-hybridized carbons (Fsp3) is 0.471. The Morgan fingerprint density at radius 3 is 2.16 bits per heavy atom. The van der Waals surface area contributed by atoms with Crippen molar-refractivity contribution in [3.05, 3.63) is 42.0 Å².